The van der Waals surface area contributed by atoms with E-state index in [0.29, 0.717) is 11.7 Å². The van der Waals surface area contributed by atoms with Crippen LogP contribution in [0.15, 0.2) is 53.4 Å². The standard InChI is InChI=1S/C29H40N2O3S/c1-29(2,3)34-28(32)31-18-11-23(12-19-31)15-20-35(33)27-10-9-25-13-16-30(17-14-26(25)21-27)22-24-7-5-4-6-8-24/h4-10,21,23H,11-20,22H2,1-3H3. The fraction of sp³-hybridized carbons (Fsp3) is 0.552. The Hall–Kier alpha value is -2.18. The van der Waals surface area contributed by atoms with Crippen LogP contribution in [0.2, 0.25) is 0 Å². The summed E-state index contributed by atoms with van der Waals surface area (Å²) in [6.07, 6.45) is 4.69. The fourth-order valence-corrected chi connectivity index (χ4v) is 6.29. The molecule has 2 aliphatic rings. The van der Waals surface area contributed by atoms with E-state index in [9.17, 15) is 9.00 Å². The molecule has 190 valence electrons. The summed E-state index contributed by atoms with van der Waals surface area (Å²) >= 11 is 0. The first-order chi connectivity index (χ1) is 16.8. The summed E-state index contributed by atoms with van der Waals surface area (Å²) in [4.78, 5) is 17.6. The van der Waals surface area contributed by atoms with E-state index >= 15 is 0 Å². The molecule has 0 N–H and O–H groups in total. The van der Waals surface area contributed by atoms with Crippen molar-refractivity contribution in [1.82, 2.24) is 9.80 Å². The molecule has 0 aromatic heterocycles. The first-order valence-electron chi connectivity index (χ1n) is 13.0. The molecule has 1 fully saturated rings. The monoisotopic (exact) mass is 496 g/mol. The summed E-state index contributed by atoms with van der Waals surface area (Å²) in [6, 6.07) is 17.1. The SMILES string of the molecule is CC(C)(C)OC(=O)N1CCC(CCS(=O)c2ccc3c(c2)CCN(Cc2ccccc2)CC3)CC1. The molecule has 2 heterocycles. The van der Waals surface area contributed by atoms with E-state index in [0.717, 1.165) is 69.7 Å². The van der Waals surface area contributed by atoms with Gasteiger partial charge in [-0.25, -0.2) is 4.79 Å². The molecule has 1 saturated heterocycles. The van der Waals surface area contributed by atoms with Gasteiger partial charge < -0.3 is 9.64 Å². The van der Waals surface area contributed by atoms with Gasteiger partial charge in [-0.2, -0.15) is 0 Å². The van der Waals surface area contributed by atoms with Crippen LogP contribution in [-0.2, 0) is 34.9 Å². The van der Waals surface area contributed by atoms with Gasteiger partial charge in [-0.3, -0.25) is 9.11 Å². The summed E-state index contributed by atoms with van der Waals surface area (Å²) < 4.78 is 18.6. The molecule has 0 radical (unpaired) electrons. The van der Waals surface area contributed by atoms with Gasteiger partial charge in [0.25, 0.3) is 0 Å². The molecule has 1 atom stereocenters. The largest absolute Gasteiger partial charge is 0.444 e. The molecule has 0 bridgehead atoms. The van der Waals surface area contributed by atoms with Crippen LogP contribution in [0, 0.1) is 5.92 Å². The molecule has 1 amide bonds. The van der Waals surface area contributed by atoms with Gasteiger partial charge in [0.15, 0.2) is 0 Å². The highest BCUT2D eigenvalue weighted by Gasteiger charge is 2.27. The summed E-state index contributed by atoms with van der Waals surface area (Å²) in [6.45, 7) is 10.2. The molecule has 6 heteroatoms. The number of amides is 1. The average Bonchev–Trinajstić information content (AvgIpc) is 3.04. The first kappa shape index (κ1) is 25.9. The van der Waals surface area contributed by atoms with Crippen molar-refractivity contribution in [3.8, 4) is 0 Å². The van der Waals surface area contributed by atoms with E-state index in [1.165, 1.54) is 16.7 Å². The molecule has 2 aliphatic heterocycles. The van der Waals surface area contributed by atoms with E-state index in [1.54, 1.807) is 0 Å². The summed E-state index contributed by atoms with van der Waals surface area (Å²) in [7, 11) is -0.979. The Morgan fingerprint density at radius 1 is 0.971 bits per heavy atom. The molecule has 0 saturated carbocycles. The van der Waals surface area contributed by atoms with Gasteiger partial charge in [-0.15, -0.1) is 0 Å². The van der Waals surface area contributed by atoms with Crippen molar-refractivity contribution in [1.29, 1.82) is 0 Å². The molecule has 0 aliphatic carbocycles. The molecule has 1 unspecified atom stereocenters. The van der Waals surface area contributed by atoms with Crippen LogP contribution in [0.3, 0.4) is 0 Å². The topological polar surface area (TPSA) is 49.9 Å². The Balaban J connectivity index is 1.25. The second kappa shape index (κ2) is 11.7. The fourth-order valence-electron chi connectivity index (χ4n) is 5.01. The maximum Gasteiger partial charge on any atom is 0.410 e. The maximum atomic E-state index is 13.1. The van der Waals surface area contributed by atoms with Crippen molar-refractivity contribution in [2.24, 2.45) is 5.92 Å². The van der Waals surface area contributed by atoms with Crippen LogP contribution < -0.4 is 0 Å². The van der Waals surface area contributed by atoms with E-state index in [-0.39, 0.29) is 6.09 Å². The number of hydrogen-bond donors (Lipinski definition) is 0. The Morgan fingerprint density at radius 3 is 2.34 bits per heavy atom. The van der Waals surface area contributed by atoms with Crippen molar-refractivity contribution in [3.63, 3.8) is 0 Å². The molecule has 5 nitrogen and oxygen atoms in total. The van der Waals surface area contributed by atoms with Crippen LogP contribution in [0.5, 0.6) is 0 Å². The zero-order chi connectivity index (χ0) is 24.8. The lowest BCUT2D eigenvalue weighted by Gasteiger charge is -2.33. The maximum absolute atomic E-state index is 13.1. The average molecular weight is 497 g/mol. The molecule has 2 aromatic carbocycles. The van der Waals surface area contributed by atoms with Crippen molar-refractivity contribution >= 4 is 16.9 Å². The van der Waals surface area contributed by atoms with Gasteiger partial charge >= 0.3 is 6.09 Å². The molecule has 4 rings (SSSR count). The number of fused-ring (bicyclic) bond motifs is 1. The zero-order valence-electron chi connectivity index (χ0n) is 21.5. The minimum Gasteiger partial charge on any atom is -0.444 e. The highest BCUT2D eigenvalue weighted by atomic mass is 32.2. The highest BCUT2D eigenvalue weighted by molar-refractivity contribution is 7.85. The Bertz CT molecular complexity index is 1010. The van der Waals surface area contributed by atoms with Gasteiger partial charge in [0.2, 0.25) is 0 Å². The predicted molar refractivity (Wildman–Crippen MR) is 142 cm³/mol. The van der Waals surface area contributed by atoms with Crippen LogP contribution in [0.4, 0.5) is 4.79 Å². The van der Waals surface area contributed by atoms with Crippen molar-refractivity contribution < 1.29 is 13.7 Å². The Kier molecular flexibility index (Phi) is 8.66. The summed E-state index contributed by atoms with van der Waals surface area (Å²) in [5.74, 6) is 1.21. The normalized spacial score (nSPS) is 18.5. The molecule has 2 aromatic rings. The smallest absolute Gasteiger partial charge is 0.410 e. The minimum absolute atomic E-state index is 0.216. The van der Waals surface area contributed by atoms with Crippen molar-refractivity contribution in [2.75, 3.05) is 31.9 Å². The lowest BCUT2D eigenvalue weighted by atomic mass is 9.95. The lowest BCUT2D eigenvalue weighted by Crippen LogP contribution is -2.41. The Morgan fingerprint density at radius 2 is 1.66 bits per heavy atom. The molecular formula is C29H40N2O3S. The lowest BCUT2D eigenvalue weighted by molar-refractivity contribution is 0.0183. The third-order valence-corrected chi connectivity index (χ3v) is 8.45. The third kappa shape index (κ3) is 7.65. The second-order valence-electron chi connectivity index (χ2n) is 10.9. The van der Waals surface area contributed by atoms with Crippen molar-refractivity contribution in [2.45, 2.75) is 69.9 Å². The van der Waals surface area contributed by atoms with Gasteiger partial charge in [-0.1, -0.05) is 36.4 Å². The van der Waals surface area contributed by atoms with E-state index in [1.807, 2.05) is 25.7 Å². The van der Waals surface area contributed by atoms with Gasteiger partial charge in [0.05, 0.1) is 10.8 Å². The van der Waals surface area contributed by atoms with Gasteiger partial charge in [-0.05, 0) is 87.6 Å². The van der Waals surface area contributed by atoms with Crippen LogP contribution in [0.25, 0.3) is 0 Å². The second-order valence-corrected chi connectivity index (χ2v) is 12.5. The number of nitrogens with zero attached hydrogens (tertiary/aromatic N) is 2. The number of benzene rings is 2. The van der Waals surface area contributed by atoms with Gasteiger partial charge in [0, 0.05) is 43.4 Å². The number of hydrogen-bond acceptors (Lipinski definition) is 4. The summed E-state index contributed by atoms with van der Waals surface area (Å²) in [5.41, 5.74) is 3.66. The third-order valence-electron chi connectivity index (χ3n) is 7.06. The van der Waals surface area contributed by atoms with E-state index < -0.39 is 16.4 Å². The van der Waals surface area contributed by atoms with Crippen LogP contribution in [-0.4, -0.2) is 57.6 Å². The van der Waals surface area contributed by atoms with Gasteiger partial charge in [0.1, 0.15) is 5.60 Å². The number of likely N-dealkylation sites (tertiary alicyclic amines) is 1. The number of piperidine rings is 1. The predicted octanol–water partition coefficient (Wildman–Crippen LogP) is 5.43. The number of rotatable bonds is 6. The minimum atomic E-state index is -0.979. The Labute approximate surface area is 213 Å². The molecule has 0 spiro atoms. The van der Waals surface area contributed by atoms with Crippen LogP contribution in [0.1, 0.15) is 56.7 Å². The quantitative estimate of drug-likeness (QED) is 0.535. The number of carbonyl (C=O) groups excluding carboxylic acids is 1. The van der Waals surface area contributed by atoms with Crippen molar-refractivity contribution in [3.05, 3.63) is 65.2 Å². The van der Waals surface area contributed by atoms with E-state index in [2.05, 4.69) is 53.4 Å². The first-order valence-corrected chi connectivity index (χ1v) is 14.3. The molecular weight excluding hydrogens is 456 g/mol. The highest BCUT2D eigenvalue weighted by Crippen LogP contribution is 2.25. The number of carbonyl (C=O) groups is 1. The number of ether oxygens (including phenoxy) is 1. The van der Waals surface area contributed by atoms with E-state index in [4.69, 9.17) is 4.74 Å². The zero-order valence-corrected chi connectivity index (χ0v) is 22.3. The summed E-state index contributed by atoms with van der Waals surface area (Å²) in [5, 5.41) is 0. The molecule has 35 heavy (non-hydrogen) atoms. The van der Waals surface area contributed by atoms with Crippen LogP contribution >= 0.6 is 0 Å².